The summed E-state index contributed by atoms with van der Waals surface area (Å²) in [6.07, 6.45) is 3.33. The molecule has 0 saturated carbocycles. The molecule has 4 aromatic carbocycles. The third kappa shape index (κ3) is 5.17. The van der Waals surface area contributed by atoms with E-state index in [0.717, 1.165) is 32.7 Å². The fourth-order valence-corrected chi connectivity index (χ4v) is 3.69. The average molecular weight is 440 g/mol. The van der Waals surface area contributed by atoms with Crippen LogP contribution >= 0.6 is 12.2 Å². The first-order valence-corrected chi connectivity index (χ1v) is 10.5. The van der Waals surface area contributed by atoms with Crippen molar-refractivity contribution in [2.24, 2.45) is 0 Å². The quantitative estimate of drug-likeness (QED) is 0.252. The van der Waals surface area contributed by atoms with Gasteiger partial charge in [0.25, 0.3) is 0 Å². The molecule has 0 heterocycles. The van der Waals surface area contributed by atoms with Gasteiger partial charge in [-0.25, -0.2) is 0 Å². The molecular weight excluding hydrogens is 418 g/mol. The molecule has 0 aliphatic carbocycles. The van der Waals surface area contributed by atoms with Gasteiger partial charge in [-0.3, -0.25) is 25.8 Å². The fraction of sp³-hybridized carbons (Fsp3) is 0.0385. The van der Waals surface area contributed by atoms with Crippen molar-refractivity contribution in [1.29, 1.82) is 0 Å². The van der Waals surface area contributed by atoms with Crippen molar-refractivity contribution in [1.82, 2.24) is 16.2 Å². The van der Waals surface area contributed by atoms with Crippen LogP contribution in [0.1, 0.15) is 11.1 Å². The summed E-state index contributed by atoms with van der Waals surface area (Å²) in [6, 6.07) is 27.6. The number of amides is 2. The number of benzene rings is 4. The third-order valence-electron chi connectivity index (χ3n) is 5.02. The molecule has 0 atom stereocenters. The van der Waals surface area contributed by atoms with Crippen LogP contribution in [0.3, 0.4) is 0 Å². The number of rotatable bonds is 4. The van der Waals surface area contributed by atoms with Gasteiger partial charge in [-0.1, -0.05) is 84.9 Å². The van der Waals surface area contributed by atoms with Gasteiger partial charge in [0.05, 0.1) is 6.42 Å². The van der Waals surface area contributed by atoms with Gasteiger partial charge < -0.3 is 0 Å². The Morgan fingerprint density at radius 3 is 2.16 bits per heavy atom. The number of nitrogens with one attached hydrogen (secondary N) is 3. The standard InChI is InChI=1S/C26H21N3O2S/c30-24(16-15-20-11-5-9-18-7-1-3-13-22(18)20)27-26(32)29-28-25(31)17-21-12-6-10-19-8-2-4-14-23(19)21/h1-16H,17H2,(H,28,31)(H2,27,29,30,32). The molecule has 0 spiro atoms. The lowest BCUT2D eigenvalue weighted by atomic mass is 10.0. The van der Waals surface area contributed by atoms with Crippen molar-refractivity contribution in [2.75, 3.05) is 0 Å². The lowest BCUT2D eigenvalue weighted by Crippen LogP contribution is -2.48. The average Bonchev–Trinajstić information content (AvgIpc) is 2.81. The number of fused-ring (bicyclic) bond motifs is 2. The smallest absolute Gasteiger partial charge is 0.250 e. The lowest BCUT2D eigenvalue weighted by Gasteiger charge is -2.11. The molecule has 0 saturated heterocycles. The number of hydrogen-bond donors (Lipinski definition) is 3. The number of carbonyl (C=O) groups is 2. The molecule has 0 aromatic heterocycles. The van der Waals surface area contributed by atoms with E-state index in [1.165, 1.54) is 6.08 Å². The number of hydrogen-bond acceptors (Lipinski definition) is 3. The summed E-state index contributed by atoms with van der Waals surface area (Å²) >= 11 is 5.11. The molecule has 0 aliphatic heterocycles. The van der Waals surface area contributed by atoms with Crippen LogP contribution in [0.4, 0.5) is 0 Å². The van der Waals surface area contributed by atoms with Crippen LogP contribution in [0, 0.1) is 0 Å². The Morgan fingerprint density at radius 2 is 1.38 bits per heavy atom. The molecular formula is C26H21N3O2S. The number of thiocarbonyl (C=S) groups is 1. The zero-order valence-electron chi connectivity index (χ0n) is 17.2. The summed E-state index contributed by atoms with van der Waals surface area (Å²) in [5, 5.41) is 6.80. The van der Waals surface area contributed by atoms with E-state index in [-0.39, 0.29) is 17.4 Å². The zero-order valence-corrected chi connectivity index (χ0v) is 18.0. The van der Waals surface area contributed by atoms with E-state index in [1.807, 2.05) is 84.9 Å². The molecule has 0 unspecified atom stereocenters. The van der Waals surface area contributed by atoms with Crippen LogP contribution < -0.4 is 16.2 Å². The molecule has 0 fully saturated rings. The highest BCUT2D eigenvalue weighted by Crippen LogP contribution is 2.20. The maximum Gasteiger partial charge on any atom is 0.250 e. The molecule has 0 radical (unpaired) electrons. The largest absolute Gasteiger partial charge is 0.298 e. The van der Waals surface area contributed by atoms with Gasteiger partial charge in [0, 0.05) is 6.08 Å². The Morgan fingerprint density at radius 1 is 0.750 bits per heavy atom. The first-order valence-electron chi connectivity index (χ1n) is 10.1. The highest BCUT2D eigenvalue weighted by atomic mass is 32.1. The Kier molecular flexibility index (Phi) is 6.53. The zero-order chi connectivity index (χ0) is 22.3. The molecule has 6 heteroatoms. The minimum absolute atomic E-state index is 0.0174. The van der Waals surface area contributed by atoms with Crippen molar-refractivity contribution in [3.63, 3.8) is 0 Å². The third-order valence-corrected chi connectivity index (χ3v) is 5.22. The highest BCUT2D eigenvalue weighted by molar-refractivity contribution is 7.80. The van der Waals surface area contributed by atoms with E-state index in [9.17, 15) is 9.59 Å². The van der Waals surface area contributed by atoms with Crippen molar-refractivity contribution >= 4 is 56.8 Å². The number of carbonyl (C=O) groups excluding carboxylic acids is 2. The first-order chi connectivity index (χ1) is 15.6. The lowest BCUT2D eigenvalue weighted by molar-refractivity contribution is -0.121. The Hall–Kier alpha value is -4.03. The predicted octanol–water partition coefficient (Wildman–Crippen LogP) is 4.27. The monoisotopic (exact) mass is 439 g/mol. The summed E-state index contributed by atoms with van der Waals surface area (Å²) in [5.74, 6) is -0.650. The van der Waals surface area contributed by atoms with Crippen LogP contribution in [0.5, 0.6) is 0 Å². The molecule has 4 rings (SSSR count). The first kappa shape index (κ1) is 21.2. The summed E-state index contributed by atoms with van der Waals surface area (Å²) in [5.41, 5.74) is 6.95. The predicted molar refractivity (Wildman–Crippen MR) is 133 cm³/mol. The highest BCUT2D eigenvalue weighted by Gasteiger charge is 2.08. The second kappa shape index (κ2) is 9.85. The number of hydrazine groups is 1. The van der Waals surface area contributed by atoms with E-state index >= 15 is 0 Å². The van der Waals surface area contributed by atoms with E-state index in [0.29, 0.717) is 0 Å². The molecule has 2 amide bonds. The van der Waals surface area contributed by atoms with Gasteiger partial charge in [-0.2, -0.15) is 0 Å². The molecule has 158 valence electrons. The van der Waals surface area contributed by atoms with Crippen molar-refractivity contribution in [2.45, 2.75) is 6.42 Å². The van der Waals surface area contributed by atoms with Gasteiger partial charge >= 0.3 is 0 Å². The molecule has 4 aromatic rings. The maximum atomic E-state index is 12.3. The van der Waals surface area contributed by atoms with Crippen LogP contribution in [0.2, 0.25) is 0 Å². The summed E-state index contributed by atoms with van der Waals surface area (Å²) in [6.45, 7) is 0. The minimum atomic E-state index is -0.390. The fourth-order valence-electron chi connectivity index (χ4n) is 3.54. The molecule has 5 nitrogen and oxygen atoms in total. The van der Waals surface area contributed by atoms with Crippen molar-refractivity contribution in [3.05, 3.63) is 102 Å². The van der Waals surface area contributed by atoms with E-state index < -0.39 is 5.91 Å². The summed E-state index contributed by atoms with van der Waals surface area (Å²) < 4.78 is 0. The van der Waals surface area contributed by atoms with Crippen molar-refractivity contribution in [3.8, 4) is 0 Å². The van der Waals surface area contributed by atoms with Crippen LogP contribution in [-0.2, 0) is 16.0 Å². The van der Waals surface area contributed by atoms with Crippen LogP contribution in [-0.4, -0.2) is 16.9 Å². The van der Waals surface area contributed by atoms with Gasteiger partial charge in [-0.15, -0.1) is 0 Å². The SMILES string of the molecule is O=C(C=Cc1cccc2ccccc12)NC(=S)NNC(=O)Cc1cccc2ccccc12. The summed E-state index contributed by atoms with van der Waals surface area (Å²) in [4.78, 5) is 24.5. The van der Waals surface area contributed by atoms with Gasteiger partial charge in [0.2, 0.25) is 11.8 Å². The molecule has 0 aliphatic rings. The normalized spacial score (nSPS) is 10.9. The van der Waals surface area contributed by atoms with Crippen molar-refractivity contribution < 1.29 is 9.59 Å². The van der Waals surface area contributed by atoms with E-state index in [1.54, 1.807) is 6.08 Å². The Balaban J connectivity index is 1.30. The second-order valence-corrected chi connectivity index (χ2v) is 7.62. The van der Waals surface area contributed by atoms with Gasteiger partial charge in [0.1, 0.15) is 0 Å². The van der Waals surface area contributed by atoms with Crippen LogP contribution in [0.15, 0.2) is 91.0 Å². The van der Waals surface area contributed by atoms with E-state index in [2.05, 4.69) is 16.2 Å². The van der Waals surface area contributed by atoms with Gasteiger partial charge in [-0.05, 0) is 51.0 Å². The molecule has 32 heavy (non-hydrogen) atoms. The molecule has 3 N–H and O–H groups in total. The van der Waals surface area contributed by atoms with E-state index in [4.69, 9.17) is 12.2 Å². The maximum absolute atomic E-state index is 12.3. The van der Waals surface area contributed by atoms with Gasteiger partial charge in [0.15, 0.2) is 5.11 Å². The molecule has 0 bridgehead atoms. The van der Waals surface area contributed by atoms with Crippen LogP contribution in [0.25, 0.3) is 27.6 Å². The topological polar surface area (TPSA) is 70.2 Å². The minimum Gasteiger partial charge on any atom is -0.298 e. The summed E-state index contributed by atoms with van der Waals surface area (Å²) in [7, 11) is 0. The second-order valence-electron chi connectivity index (χ2n) is 7.21. The Labute approximate surface area is 191 Å². The Bertz CT molecular complexity index is 1340.